The Morgan fingerprint density at radius 3 is 2.86 bits per heavy atom. The molecule has 0 fully saturated rings. The number of aromatic nitrogens is 2. The number of thiazole rings is 1. The molecule has 0 bridgehead atoms. The molecule has 5 heteroatoms. The minimum absolute atomic E-state index is 0.197. The summed E-state index contributed by atoms with van der Waals surface area (Å²) in [5.74, 6) is 0. The zero-order chi connectivity index (χ0) is 15.0. The number of rotatable bonds is 4. The summed E-state index contributed by atoms with van der Waals surface area (Å²) in [5.41, 5.74) is 4.67. The minimum atomic E-state index is 0.197. The molecule has 0 spiro atoms. The van der Waals surface area contributed by atoms with E-state index in [2.05, 4.69) is 46.9 Å². The van der Waals surface area contributed by atoms with Gasteiger partial charge in [0.25, 0.3) is 0 Å². The van der Waals surface area contributed by atoms with Crippen LogP contribution in [0.15, 0.2) is 29.6 Å². The predicted octanol–water partition coefficient (Wildman–Crippen LogP) is 4.52. The molecule has 110 valence electrons. The molecule has 2 heterocycles. The molecule has 3 aromatic rings. The average Bonchev–Trinajstić information content (AvgIpc) is 2.96. The number of nitrogens with one attached hydrogen (secondary N) is 1. The highest BCUT2D eigenvalue weighted by Crippen LogP contribution is 2.24. The van der Waals surface area contributed by atoms with E-state index in [4.69, 9.17) is 11.6 Å². The van der Waals surface area contributed by atoms with Crippen LogP contribution in [0.1, 0.15) is 35.6 Å². The average molecular weight is 320 g/mol. The lowest BCUT2D eigenvalue weighted by Gasteiger charge is -2.16. The van der Waals surface area contributed by atoms with Crippen molar-refractivity contribution in [1.82, 2.24) is 14.7 Å². The van der Waals surface area contributed by atoms with Crippen molar-refractivity contribution in [3.63, 3.8) is 0 Å². The van der Waals surface area contributed by atoms with Crippen LogP contribution < -0.4 is 5.32 Å². The number of imidazole rings is 1. The smallest absolute Gasteiger partial charge is 0.194 e. The molecule has 0 saturated heterocycles. The van der Waals surface area contributed by atoms with Gasteiger partial charge in [0.05, 0.1) is 11.4 Å². The Kier molecular flexibility index (Phi) is 4.02. The molecular formula is C16H18ClN3S. The first-order valence-electron chi connectivity index (χ1n) is 6.97. The number of aryl methyl sites for hydroxylation is 2. The summed E-state index contributed by atoms with van der Waals surface area (Å²) in [4.78, 5) is 5.68. The number of nitrogens with zero attached hydrogens (tertiary/aromatic N) is 2. The van der Waals surface area contributed by atoms with Crippen molar-refractivity contribution in [2.75, 3.05) is 0 Å². The van der Waals surface area contributed by atoms with Gasteiger partial charge in [0.1, 0.15) is 0 Å². The third-order valence-electron chi connectivity index (χ3n) is 3.78. The van der Waals surface area contributed by atoms with Gasteiger partial charge < -0.3 is 5.32 Å². The molecular weight excluding hydrogens is 302 g/mol. The van der Waals surface area contributed by atoms with Gasteiger partial charge in [-0.1, -0.05) is 29.8 Å². The van der Waals surface area contributed by atoms with Crippen LogP contribution in [-0.2, 0) is 6.54 Å². The van der Waals surface area contributed by atoms with Gasteiger partial charge in [-0.25, -0.2) is 4.98 Å². The third kappa shape index (κ3) is 2.71. The number of fused-ring (bicyclic) bond motifs is 1. The molecule has 0 saturated carbocycles. The fourth-order valence-corrected chi connectivity index (χ4v) is 3.79. The van der Waals surface area contributed by atoms with E-state index in [1.807, 2.05) is 18.2 Å². The highest BCUT2D eigenvalue weighted by atomic mass is 35.5. The summed E-state index contributed by atoms with van der Waals surface area (Å²) in [6, 6.07) is 8.17. The van der Waals surface area contributed by atoms with Crippen molar-refractivity contribution < 1.29 is 0 Å². The third-order valence-corrected chi connectivity index (χ3v) is 5.07. The van der Waals surface area contributed by atoms with Gasteiger partial charge >= 0.3 is 0 Å². The van der Waals surface area contributed by atoms with Crippen LogP contribution in [0, 0.1) is 13.8 Å². The fourth-order valence-electron chi connectivity index (χ4n) is 2.56. The van der Waals surface area contributed by atoms with Crippen molar-refractivity contribution in [3.05, 3.63) is 57.3 Å². The number of hydrogen-bond acceptors (Lipinski definition) is 3. The summed E-state index contributed by atoms with van der Waals surface area (Å²) < 4.78 is 2.23. The van der Waals surface area contributed by atoms with Gasteiger partial charge in [-0.2, -0.15) is 0 Å². The number of halogens is 1. The van der Waals surface area contributed by atoms with Gasteiger partial charge in [0, 0.05) is 28.7 Å². The maximum absolute atomic E-state index is 6.26. The lowest BCUT2D eigenvalue weighted by Crippen LogP contribution is -2.20. The first kappa shape index (κ1) is 14.6. The molecule has 0 aliphatic heterocycles. The van der Waals surface area contributed by atoms with E-state index in [-0.39, 0.29) is 6.04 Å². The normalized spacial score (nSPS) is 13.0. The summed E-state index contributed by atoms with van der Waals surface area (Å²) in [6.45, 7) is 7.09. The van der Waals surface area contributed by atoms with Crippen molar-refractivity contribution in [2.24, 2.45) is 0 Å². The van der Waals surface area contributed by atoms with Crippen LogP contribution in [-0.4, -0.2) is 9.38 Å². The van der Waals surface area contributed by atoms with Crippen molar-refractivity contribution >= 4 is 27.9 Å². The van der Waals surface area contributed by atoms with Crippen LogP contribution in [0.25, 0.3) is 4.96 Å². The summed E-state index contributed by atoms with van der Waals surface area (Å²) in [7, 11) is 0. The maximum Gasteiger partial charge on any atom is 0.194 e. The summed E-state index contributed by atoms with van der Waals surface area (Å²) in [5, 5.41) is 6.50. The molecule has 0 aliphatic carbocycles. The largest absolute Gasteiger partial charge is 0.305 e. The second-order valence-electron chi connectivity index (χ2n) is 5.26. The lowest BCUT2D eigenvalue weighted by atomic mass is 10.1. The van der Waals surface area contributed by atoms with Gasteiger partial charge in [0.15, 0.2) is 4.96 Å². The van der Waals surface area contributed by atoms with Gasteiger partial charge in [0.2, 0.25) is 0 Å². The molecule has 1 unspecified atom stereocenters. The van der Waals surface area contributed by atoms with Crippen molar-refractivity contribution in [3.8, 4) is 0 Å². The minimum Gasteiger partial charge on any atom is -0.305 e. The molecule has 0 amide bonds. The van der Waals surface area contributed by atoms with Crippen LogP contribution >= 0.6 is 22.9 Å². The Balaban J connectivity index is 1.82. The molecule has 2 aromatic heterocycles. The van der Waals surface area contributed by atoms with E-state index >= 15 is 0 Å². The molecule has 1 N–H and O–H groups in total. The molecule has 0 aliphatic rings. The van der Waals surface area contributed by atoms with E-state index in [1.165, 1.54) is 11.4 Å². The monoisotopic (exact) mass is 319 g/mol. The molecule has 3 nitrogen and oxygen atoms in total. The van der Waals surface area contributed by atoms with Crippen LogP contribution in [0.3, 0.4) is 0 Å². The second kappa shape index (κ2) is 5.79. The molecule has 1 atom stereocenters. The highest BCUT2D eigenvalue weighted by Gasteiger charge is 2.14. The number of hydrogen-bond donors (Lipinski definition) is 1. The summed E-state index contributed by atoms with van der Waals surface area (Å²) >= 11 is 7.94. The maximum atomic E-state index is 6.26. The van der Waals surface area contributed by atoms with E-state index in [9.17, 15) is 0 Å². The van der Waals surface area contributed by atoms with Crippen molar-refractivity contribution in [1.29, 1.82) is 0 Å². The molecule has 21 heavy (non-hydrogen) atoms. The van der Waals surface area contributed by atoms with E-state index < -0.39 is 0 Å². The predicted molar refractivity (Wildman–Crippen MR) is 89.2 cm³/mol. The van der Waals surface area contributed by atoms with Gasteiger partial charge in [-0.3, -0.25) is 4.40 Å². The molecule has 1 aromatic carbocycles. The first-order valence-corrected chi connectivity index (χ1v) is 8.23. The van der Waals surface area contributed by atoms with E-state index in [1.54, 1.807) is 11.3 Å². The fraction of sp³-hybridized carbons (Fsp3) is 0.312. The van der Waals surface area contributed by atoms with E-state index in [0.29, 0.717) is 0 Å². The van der Waals surface area contributed by atoms with Crippen LogP contribution in [0.5, 0.6) is 0 Å². The standard InChI is InChI=1S/C16H18ClN3S/c1-10-9-21-16-19-12(3)15(20(10)16)8-18-11(2)13-6-4-5-7-14(13)17/h4-7,9,11,18H,8H2,1-3H3. The van der Waals surface area contributed by atoms with Crippen molar-refractivity contribution in [2.45, 2.75) is 33.4 Å². The zero-order valence-electron chi connectivity index (χ0n) is 12.4. The topological polar surface area (TPSA) is 29.3 Å². The molecule has 3 rings (SSSR count). The SMILES string of the molecule is Cc1nc2scc(C)n2c1CNC(C)c1ccccc1Cl. The molecule has 0 radical (unpaired) electrons. The van der Waals surface area contributed by atoms with Crippen LogP contribution in [0.2, 0.25) is 5.02 Å². The number of benzene rings is 1. The quantitative estimate of drug-likeness (QED) is 0.766. The Morgan fingerprint density at radius 1 is 1.33 bits per heavy atom. The summed E-state index contributed by atoms with van der Waals surface area (Å²) in [6.07, 6.45) is 0. The second-order valence-corrected chi connectivity index (χ2v) is 6.51. The van der Waals surface area contributed by atoms with Gasteiger partial charge in [-0.05, 0) is 32.4 Å². The van der Waals surface area contributed by atoms with E-state index in [0.717, 1.165) is 27.8 Å². The Bertz CT molecular complexity index is 775. The van der Waals surface area contributed by atoms with Gasteiger partial charge in [-0.15, -0.1) is 11.3 Å². The Morgan fingerprint density at radius 2 is 2.10 bits per heavy atom. The zero-order valence-corrected chi connectivity index (χ0v) is 13.9. The highest BCUT2D eigenvalue weighted by molar-refractivity contribution is 7.15. The Hall–Kier alpha value is -1.36. The lowest BCUT2D eigenvalue weighted by molar-refractivity contribution is 0.564. The van der Waals surface area contributed by atoms with Crippen LogP contribution in [0.4, 0.5) is 0 Å². The first-order chi connectivity index (χ1) is 10.1. The Labute approximate surface area is 133 Å².